The molecule has 162 valence electrons. The van der Waals surface area contributed by atoms with Gasteiger partial charge in [0.05, 0.1) is 9.82 Å². The van der Waals surface area contributed by atoms with E-state index in [4.69, 9.17) is 0 Å². The van der Waals surface area contributed by atoms with Gasteiger partial charge in [0.15, 0.2) is 0 Å². The van der Waals surface area contributed by atoms with Gasteiger partial charge >= 0.3 is 0 Å². The Morgan fingerprint density at radius 3 is 2.10 bits per heavy atom. The van der Waals surface area contributed by atoms with E-state index in [9.17, 15) is 18.5 Å². The molecule has 0 amide bonds. The van der Waals surface area contributed by atoms with Crippen LogP contribution in [0.2, 0.25) is 0 Å². The zero-order valence-corrected chi connectivity index (χ0v) is 18.2. The van der Waals surface area contributed by atoms with E-state index in [0.717, 1.165) is 16.8 Å². The lowest BCUT2D eigenvalue weighted by atomic mass is 10.1. The maximum Gasteiger partial charge on any atom is 0.269 e. The summed E-state index contributed by atoms with van der Waals surface area (Å²) in [6.45, 7) is 1.74. The normalized spacial score (nSPS) is 15.2. The van der Waals surface area contributed by atoms with Gasteiger partial charge in [0.25, 0.3) is 5.69 Å². The van der Waals surface area contributed by atoms with Gasteiger partial charge in [-0.2, -0.15) is 4.31 Å². The average molecular weight is 441 g/mol. The van der Waals surface area contributed by atoms with E-state index in [1.165, 1.54) is 16.4 Å². The number of rotatable bonds is 5. The highest BCUT2D eigenvalue weighted by Gasteiger charge is 2.30. The Labute approximate surface area is 181 Å². The maximum absolute atomic E-state index is 13.5. The standard InChI is InChI=1S/C22H24N4O4S/c1-23(2)21-7-3-6-20-19(21)5-4-8-22(20)31(29,30)25-15-13-24(14-16-25)17-9-11-18(12-10-17)26(27)28/h3-12H,13-16H2,1-2H3. The summed E-state index contributed by atoms with van der Waals surface area (Å²) in [4.78, 5) is 14.7. The SMILES string of the molecule is CN(C)c1cccc2c(S(=O)(=O)N3CCN(c4ccc([N+](=O)[O-])cc4)CC3)cccc12. The van der Waals surface area contributed by atoms with Crippen molar-refractivity contribution in [3.8, 4) is 0 Å². The molecule has 0 aromatic heterocycles. The maximum atomic E-state index is 13.5. The number of nitrogens with zero attached hydrogens (tertiary/aromatic N) is 4. The second kappa shape index (κ2) is 8.16. The Balaban J connectivity index is 1.57. The molecule has 9 heteroatoms. The number of nitro groups is 1. The topological polar surface area (TPSA) is 87.0 Å². The summed E-state index contributed by atoms with van der Waals surface area (Å²) in [6, 6.07) is 17.4. The summed E-state index contributed by atoms with van der Waals surface area (Å²) in [5, 5.41) is 12.5. The van der Waals surface area contributed by atoms with Crippen molar-refractivity contribution in [1.29, 1.82) is 0 Å². The fraction of sp³-hybridized carbons (Fsp3) is 0.273. The van der Waals surface area contributed by atoms with Crippen molar-refractivity contribution in [2.24, 2.45) is 0 Å². The lowest BCUT2D eigenvalue weighted by Crippen LogP contribution is -2.48. The van der Waals surface area contributed by atoms with E-state index in [1.807, 2.05) is 48.2 Å². The van der Waals surface area contributed by atoms with Crippen LogP contribution in [-0.2, 0) is 10.0 Å². The summed E-state index contributed by atoms with van der Waals surface area (Å²) in [7, 11) is 0.220. The van der Waals surface area contributed by atoms with Gasteiger partial charge in [-0.1, -0.05) is 24.3 Å². The van der Waals surface area contributed by atoms with Gasteiger partial charge in [-0.05, 0) is 24.3 Å². The van der Waals surface area contributed by atoms with Gasteiger partial charge in [0, 0.05) is 74.6 Å². The molecule has 4 rings (SSSR count). The fourth-order valence-corrected chi connectivity index (χ4v) is 5.62. The highest BCUT2D eigenvalue weighted by atomic mass is 32.2. The summed E-state index contributed by atoms with van der Waals surface area (Å²) in [5.74, 6) is 0. The molecule has 0 unspecified atom stereocenters. The quantitative estimate of drug-likeness (QED) is 0.447. The fourth-order valence-electron chi connectivity index (χ4n) is 3.99. The van der Waals surface area contributed by atoms with Crippen LogP contribution in [0.5, 0.6) is 0 Å². The van der Waals surface area contributed by atoms with Gasteiger partial charge < -0.3 is 9.80 Å². The molecule has 0 saturated carbocycles. The van der Waals surface area contributed by atoms with Crippen LogP contribution in [0.15, 0.2) is 65.6 Å². The van der Waals surface area contributed by atoms with Crippen LogP contribution in [0.25, 0.3) is 10.8 Å². The number of hydrogen-bond donors (Lipinski definition) is 0. The van der Waals surface area contributed by atoms with Crippen LogP contribution in [0.1, 0.15) is 0 Å². The monoisotopic (exact) mass is 440 g/mol. The van der Waals surface area contributed by atoms with Crippen molar-refractivity contribution in [3.63, 3.8) is 0 Å². The van der Waals surface area contributed by atoms with Gasteiger partial charge in [0.2, 0.25) is 10.0 Å². The first-order valence-electron chi connectivity index (χ1n) is 9.97. The van der Waals surface area contributed by atoms with Crippen molar-refractivity contribution in [3.05, 3.63) is 70.8 Å². The van der Waals surface area contributed by atoms with Crippen LogP contribution < -0.4 is 9.80 Å². The third kappa shape index (κ3) is 3.94. The Bertz CT molecular complexity index is 1220. The minimum atomic E-state index is -3.66. The number of non-ortho nitro benzene ring substituents is 1. The van der Waals surface area contributed by atoms with Gasteiger partial charge in [-0.15, -0.1) is 0 Å². The predicted octanol–water partition coefficient (Wildman–Crippen LogP) is 3.32. The number of fused-ring (bicyclic) bond motifs is 1. The number of anilines is 2. The molecule has 31 heavy (non-hydrogen) atoms. The van der Waals surface area contributed by atoms with E-state index in [1.54, 1.807) is 24.3 Å². The van der Waals surface area contributed by atoms with E-state index >= 15 is 0 Å². The minimum Gasteiger partial charge on any atom is -0.377 e. The number of nitro benzene ring substituents is 1. The molecule has 0 spiro atoms. The van der Waals surface area contributed by atoms with E-state index in [0.29, 0.717) is 36.5 Å². The molecule has 0 bridgehead atoms. The van der Waals surface area contributed by atoms with Crippen LogP contribution in [0.4, 0.5) is 17.1 Å². The first-order valence-corrected chi connectivity index (χ1v) is 11.4. The van der Waals surface area contributed by atoms with Crippen LogP contribution in [0, 0.1) is 10.1 Å². The third-order valence-electron chi connectivity index (χ3n) is 5.62. The molecular formula is C22H24N4O4S. The first-order chi connectivity index (χ1) is 14.8. The largest absolute Gasteiger partial charge is 0.377 e. The molecule has 1 aliphatic rings. The Kier molecular flexibility index (Phi) is 5.55. The average Bonchev–Trinajstić information content (AvgIpc) is 2.78. The highest BCUT2D eigenvalue weighted by Crippen LogP contribution is 2.32. The lowest BCUT2D eigenvalue weighted by molar-refractivity contribution is -0.384. The summed E-state index contributed by atoms with van der Waals surface area (Å²) < 4.78 is 28.4. The van der Waals surface area contributed by atoms with Crippen molar-refractivity contribution >= 4 is 37.9 Å². The van der Waals surface area contributed by atoms with E-state index < -0.39 is 14.9 Å². The minimum absolute atomic E-state index is 0.0398. The van der Waals surface area contributed by atoms with Crippen molar-refractivity contribution in [2.75, 3.05) is 50.1 Å². The predicted molar refractivity (Wildman–Crippen MR) is 122 cm³/mol. The molecule has 0 atom stereocenters. The Morgan fingerprint density at radius 2 is 1.48 bits per heavy atom. The lowest BCUT2D eigenvalue weighted by Gasteiger charge is -2.35. The summed E-state index contributed by atoms with van der Waals surface area (Å²) >= 11 is 0. The molecular weight excluding hydrogens is 416 g/mol. The van der Waals surface area contributed by atoms with Gasteiger partial charge in [-0.25, -0.2) is 8.42 Å². The number of sulfonamides is 1. The molecule has 1 aliphatic heterocycles. The molecule has 0 N–H and O–H groups in total. The number of hydrogen-bond acceptors (Lipinski definition) is 6. The zero-order valence-electron chi connectivity index (χ0n) is 17.4. The molecule has 0 aliphatic carbocycles. The summed E-state index contributed by atoms with van der Waals surface area (Å²) in [6.07, 6.45) is 0. The molecule has 1 saturated heterocycles. The van der Waals surface area contributed by atoms with E-state index in [2.05, 4.69) is 0 Å². The molecule has 3 aromatic rings. The Hall–Kier alpha value is -3.17. The van der Waals surface area contributed by atoms with E-state index in [-0.39, 0.29) is 5.69 Å². The number of benzene rings is 3. The van der Waals surface area contributed by atoms with Gasteiger partial charge in [0.1, 0.15) is 0 Å². The second-order valence-electron chi connectivity index (χ2n) is 7.69. The number of piperazine rings is 1. The molecule has 3 aromatic carbocycles. The first kappa shape index (κ1) is 21.1. The molecule has 0 radical (unpaired) electrons. The molecule has 1 fully saturated rings. The third-order valence-corrected chi connectivity index (χ3v) is 7.58. The molecule has 1 heterocycles. The van der Waals surface area contributed by atoms with Crippen LogP contribution in [0.3, 0.4) is 0 Å². The van der Waals surface area contributed by atoms with Crippen molar-refractivity contribution in [2.45, 2.75) is 4.90 Å². The Morgan fingerprint density at radius 1 is 0.871 bits per heavy atom. The van der Waals surface area contributed by atoms with Crippen molar-refractivity contribution < 1.29 is 13.3 Å². The van der Waals surface area contributed by atoms with Crippen molar-refractivity contribution in [1.82, 2.24) is 4.31 Å². The smallest absolute Gasteiger partial charge is 0.269 e. The van der Waals surface area contributed by atoms with Crippen LogP contribution in [-0.4, -0.2) is 57.9 Å². The second-order valence-corrected chi connectivity index (χ2v) is 9.59. The summed E-state index contributed by atoms with van der Waals surface area (Å²) in [5.41, 5.74) is 1.86. The molecule has 8 nitrogen and oxygen atoms in total. The highest BCUT2D eigenvalue weighted by molar-refractivity contribution is 7.89. The zero-order chi connectivity index (χ0) is 22.2. The van der Waals surface area contributed by atoms with Gasteiger partial charge in [-0.3, -0.25) is 10.1 Å². The van der Waals surface area contributed by atoms with Crippen LogP contribution >= 0.6 is 0 Å².